The van der Waals surface area contributed by atoms with Crippen molar-refractivity contribution in [3.8, 4) is 11.4 Å². The zero-order valence-corrected chi connectivity index (χ0v) is 22.4. The molecule has 40 heavy (non-hydrogen) atoms. The highest BCUT2D eigenvalue weighted by Gasteiger charge is 2.41. The third kappa shape index (κ3) is 3.92. The number of para-hydroxylation sites is 2. The first-order valence-electron chi connectivity index (χ1n) is 13.1. The number of rotatable bonds is 4. The highest BCUT2D eigenvalue weighted by Crippen LogP contribution is 2.48. The van der Waals surface area contributed by atoms with Gasteiger partial charge in [-0.3, -0.25) is 4.98 Å². The van der Waals surface area contributed by atoms with Crippen LogP contribution in [0.3, 0.4) is 0 Å². The van der Waals surface area contributed by atoms with Crippen molar-refractivity contribution >= 4 is 34.6 Å². The Balaban J connectivity index is 1.47. The van der Waals surface area contributed by atoms with Gasteiger partial charge in [0.1, 0.15) is 5.75 Å². The number of nitrogens with zero attached hydrogens (tertiary/aromatic N) is 6. The summed E-state index contributed by atoms with van der Waals surface area (Å²) in [5, 5.41) is 8.52. The van der Waals surface area contributed by atoms with Crippen molar-refractivity contribution in [2.45, 2.75) is 19.9 Å². The van der Waals surface area contributed by atoms with Gasteiger partial charge in [0, 0.05) is 23.6 Å². The maximum atomic E-state index is 5.35. The fourth-order valence-corrected chi connectivity index (χ4v) is 5.33. The van der Waals surface area contributed by atoms with Crippen molar-refractivity contribution in [1.82, 2.24) is 14.8 Å². The number of anilines is 2. The Morgan fingerprint density at radius 2 is 1.65 bits per heavy atom. The van der Waals surface area contributed by atoms with Crippen molar-refractivity contribution in [3.05, 3.63) is 120 Å². The third-order valence-electron chi connectivity index (χ3n) is 7.27. The van der Waals surface area contributed by atoms with Crippen molar-refractivity contribution < 1.29 is 4.74 Å². The highest BCUT2D eigenvalue weighted by atomic mass is 16.5. The van der Waals surface area contributed by atoms with Crippen LogP contribution in [-0.4, -0.2) is 33.5 Å². The molecule has 7 rings (SSSR count). The zero-order chi connectivity index (χ0) is 27.2. The van der Waals surface area contributed by atoms with Gasteiger partial charge in [-0.1, -0.05) is 35.9 Å². The molecule has 0 radical (unpaired) electrons. The Morgan fingerprint density at radius 1 is 0.850 bits per heavy atom. The Hall–Kier alpha value is -5.24. The van der Waals surface area contributed by atoms with Gasteiger partial charge in [-0.15, -0.1) is 0 Å². The number of ether oxygens (including phenoxy) is 1. The van der Waals surface area contributed by atoms with Crippen LogP contribution in [-0.2, 0) is 0 Å². The van der Waals surface area contributed by atoms with Crippen LogP contribution in [0.2, 0.25) is 0 Å². The summed E-state index contributed by atoms with van der Waals surface area (Å²) in [6.45, 7) is 4.13. The lowest BCUT2D eigenvalue weighted by molar-refractivity contribution is 0.415. The van der Waals surface area contributed by atoms with Gasteiger partial charge in [0.2, 0.25) is 0 Å². The lowest BCUT2D eigenvalue weighted by Crippen LogP contribution is -2.46. The summed E-state index contributed by atoms with van der Waals surface area (Å²) in [6.07, 6.45) is 3.72. The van der Waals surface area contributed by atoms with Crippen LogP contribution < -0.4 is 15.0 Å². The molecular weight excluding hydrogens is 498 g/mol. The van der Waals surface area contributed by atoms with E-state index in [1.54, 1.807) is 13.3 Å². The van der Waals surface area contributed by atoms with E-state index in [0.717, 1.165) is 51.1 Å². The first kappa shape index (κ1) is 23.8. The SMILES string of the molecule is COc1ccc(NC2=Nc3ccccc3N3C2=Nc2c(c(C)nn2-c2ccc(C)cc2)[C@H]3c2cccnc2)cc1. The Labute approximate surface area is 232 Å². The van der Waals surface area contributed by atoms with E-state index in [-0.39, 0.29) is 6.04 Å². The van der Waals surface area contributed by atoms with Crippen LogP contribution in [0.15, 0.2) is 107 Å². The molecule has 2 aliphatic heterocycles. The predicted octanol–water partition coefficient (Wildman–Crippen LogP) is 6.69. The molecular formula is C32H27N7O. The quantitative estimate of drug-likeness (QED) is 0.283. The second-order valence-electron chi connectivity index (χ2n) is 9.87. The van der Waals surface area contributed by atoms with Crippen LogP contribution in [0.4, 0.5) is 22.9 Å². The van der Waals surface area contributed by atoms with Gasteiger partial charge in [0.05, 0.1) is 35.9 Å². The summed E-state index contributed by atoms with van der Waals surface area (Å²) in [4.78, 5) is 17.1. The molecule has 2 aromatic heterocycles. The summed E-state index contributed by atoms with van der Waals surface area (Å²) in [7, 11) is 1.66. The fraction of sp³-hybridized carbons (Fsp3) is 0.125. The van der Waals surface area contributed by atoms with Gasteiger partial charge in [0.25, 0.3) is 0 Å². The number of aliphatic imine (C=N–C) groups is 2. The third-order valence-corrected chi connectivity index (χ3v) is 7.27. The minimum absolute atomic E-state index is 0.209. The van der Waals surface area contributed by atoms with Crippen LogP contribution in [0.1, 0.15) is 28.4 Å². The first-order chi connectivity index (χ1) is 19.6. The molecule has 0 aliphatic carbocycles. The lowest BCUT2D eigenvalue weighted by Gasteiger charge is -2.40. The molecule has 8 nitrogen and oxygen atoms in total. The molecule has 0 bridgehead atoms. The minimum atomic E-state index is -0.209. The van der Waals surface area contributed by atoms with E-state index in [0.29, 0.717) is 11.7 Å². The predicted molar refractivity (Wildman–Crippen MR) is 159 cm³/mol. The molecule has 8 heteroatoms. The van der Waals surface area contributed by atoms with Crippen LogP contribution in [0.25, 0.3) is 5.69 Å². The number of methoxy groups -OCH3 is 1. The average molecular weight is 526 g/mol. The molecule has 196 valence electrons. The number of hydrogen-bond donors (Lipinski definition) is 1. The average Bonchev–Trinajstić information content (AvgIpc) is 3.33. The Bertz CT molecular complexity index is 1770. The largest absolute Gasteiger partial charge is 0.497 e. The molecule has 0 amide bonds. The summed E-state index contributed by atoms with van der Waals surface area (Å²) in [5.74, 6) is 2.93. The molecule has 1 atom stereocenters. The maximum Gasteiger partial charge on any atom is 0.179 e. The van der Waals surface area contributed by atoms with E-state index >= 15 is 0 Å². The molecule has 0 spiro atoms. The number of benzene rings is 3. The van der Waals surface area contributed by atoms with Crippen molar-refractivity contribution in [3.63, 3.8) is 0 Å². The van der Waals surface area contributed by atoms with Gasteiger partial charge in [0.15, 0.2) is 17.5 Å². The highest BCUT2D eigenvalue weighted by molar-refractivity contribution is 6.51. The van der Waals surface area contributed by atoms with Crippen LogP contribution in [0.5, 0.6) is 5.75 Å². The second kappa shape index (κ2) is 9.50. The molecule has 0 fully saturated rings. The van der Waals surface area contributed by atoms with E-state index in [1.165, 1.54) is 5.56 Å². The second-order valence-corrected chi connectivity index (χ2v) is 9.87. The molecule has 3 aromatic carbocycles. The number of aryl methyl sites for hydroxylation is 2. The van der Waals surface area contributed by atoms with Gasteiger partial charge < -0.3 is 15.0 Å². The molecule has 0 unspecified atom stereocenters. The number of amidine groups is 2. The number of aromatic nitrogens is 3. The molecule has 1 N–H and O–H groups in total. The summed E-state index contributed by atoms with van der Waals surface area (Å²) in [5.41, 5.74) is 7.86. The Morgan fingerprint density at radius 3 is 2.40 bits per heavy atom. The molecule has 0 saturated heterocycles. The number of pyridine rings is 1. The smallest absolute Gasteiger partial charge is 0.179 e. The summed E-state index contributed by atoms with van der Waals surface area (Å²) in [6, 6.07) is 28.2. The van der Waals surface area contributed by atoms with Gasteiger partial charge in [-0.25, -0.2) is 14.7 Å². The maximum absolute atomic E-state index is 5.35. The number of nitrogens with one attached hydrogen (secondary N) is 1. The van der Waals surface area contributed by atoms with E-state index in [1.807, 2.05) is 66.3 Å². The number of fused-ring (bicyclic) bond motifs is 4. The molecule has 5 aromatic rings. The number of hydrogen-bond acceptors (Lipinski definition) is 7. The monoisotopic (exact) mass is 525 g/mol. The summed E-state index contributed by atoms with van der Waals surface area (Å²) < 4.78 is 7.29. The van der Waals surface area contributed by atoms with Crippen molar-refractivity contribution in [2.24, 2.45) is 9.98 Å². The molecule has 0 saturated carbocycles. The van der Waals surface area contributed by atoms with Gasteiger partial charge >= 0.3 is 0 Å². The van der Waals surface area contributed by atoms with Crippen molar-refractivity contribution in [1.29, 1.82) is 0 Å². The normalized spacial score (nSPS) is 15.4. The molecule has 2 aliphatic rings. The summed E-state index contributed by atoms with van der Waals surface area (Å²) >= 11 is 0. The van der Waals surface area contributed by atoms with E-state index in [4.69, 9.17) is 19.8 Å². The van der Waals surface area contributed by atoms with Gasteiger partial charge in [-0.2, -0.15) is 5.10 Å². The molecule has 4 heterocycles. The van der Waals surface area contributed by atoms with Crippen LogP contribution >= 0.6 is 0 Å². The fourth-order valence-electron chi connectivity index (χ4n) is 5.33. The van der Waals surface area contributed by atoms with Crippen molar-refractivity contribution in [2.75, 3.05) is 17.3 Å². The van der Waals surface area contributed by atoms with E-state index < -0.39 is 0 Å². The van der Waals surface area contributed by atoms with Crippen LogP contribution in [0, 0.1) is 13.8 Å². The van der Waals surface area contributed by atoms with E-state index in [2.05, 4.69) is 58.5 Å². The topological polar surface area (TPSA) is 79.9 Å². The first-order valence-corrected chi connectivity index (χ1v) is 13.1. The standard InChI is InChI=1S/C32H27N7O/c1-20-10-14-24(15-11-20)39-31-28(21(2)37-39)29(22-7-6-18-33-19-22)38-27-9-5-4-8-26(27)35-30(32(38)36-31)34-23-12-16-25(40-3)17-13-23/h4-19,29H,1-3H3,(H,34,35)/t29-/m1/s1. The minimum Gasteiger partial charge on any atom is -0.497 e. The Kier molecular flexibility index (Phi) is 5.66. The van der Waals surface area contributed by atoms with E-state index in [9.17, 15) is 0 Å². The zero-order valence-electron chi connectivity index (χ0n) is 22.4. The van der Waals surface area contributed by atoms with Gasteiger partial charge in [-0.05, 0) is 74.0 Å². The lowest BCUT2D eigenvalue weighted by atomic mass is 9.94.